The van der Waals surface area contributed by atoms with Crippen molar-refractivity contribution in [2.45, 2.75) is 31.8 Å². The third-order valence-electron chi connectivity index (χ3n) is 4.68. The first-order chi connectivity index (χ1) is 13.5. The molecule has 1 aliphatic heterocycles. The van der Waals surface area contributed by atoms with E-state index in [0.29, 0.717) is 45.9 Å². The minimum Gasteiger partial charge on any atom is -0.493 e. The first-order valence-electron chi connectivity index (χ1n) is 8.91. The lowest BCUT2D eigenvalue weighted by Gasteiger charge is -2.19. The molecule has 0 saturated carbocycles. The van der Waals surface area contributed by atoms with Gasteiger partial charge in [-0.2, -0.15) is 0 Å². The molecule has 1 aromatic carbocycles. The van der Waals surface area contributed by atoms with E-state index >= 15 is 0 Å². The number of rotatable bonds is 7. The van der Waals surface area contributed by atoms with Gasteiger partial charge in [-0.1, -0.05) is 29.3 Å². The van der Waals surface area contributed by atoms with Gasteiger partial charge in [-0.3, -0.25) is 9.78 Å². The van der Waals surface area contributed by atoms with E-state index in [0.717, 1.165) is 5.56 Å². The number of benzene rings is 1. The average molecular weight is 426 g/mol. The number of aromatic nitrogens is 1. The van der Waals surface area contributed by atoms with Crippen molar-refractivity contribution in [1.82, 2.24) is 4.98 Å². The number of ether oxygens (including phenoxy) is 3. The molecule has 6 nitrogen and oxygen atoms in total. The standard InChI is InChI=1S/C20H21Cl2NO5/c1-3-27-18(25)6-11-10-28-20-17(26-2)5-4-12(19(11)20)16(24)7-13-14(21)8-23-9-15(13)22/h4-5,8-9,11,16,24H,3,6-7,10H2,1-2H3. The Morgan fingerprint density at radius 1 is 1.36 bits per heavy atom. The highest BCUT2D eigenvalue weighted by Crippen LogP contribution is 2.47. The number of esters is 1. The maximum absolute atomic E-state index is 12.0. The van der Waals surface area contributed by atoms with Gasteiger partial charge in [-0.05, 0) is 24.1 Å². The third kappa shape index (κ3) is 4.19. The van der Waals surface area contributed by atoms with Crippen molar-refractivity contribution in [2.24, 2.45) is 0 Å². The van der Waals surface area contributed by atoms with Crippen molar-refractivity contribution in [2.75, 3.05) is 20.3 Å². The first kappa shape index (κ1) is 20.7. The van der Waals surface area contributed by atoms with E-state index in [1.807, 2.05) is 0 Å². The fraction of sp³-hybridized carbons (Fsp3) is 0.400. The van der Waals surface area contributed by atoms with Crippen LogP contribution in [0.25, 0.3) is 0 Å². The number of fused-ring (bicyclic) bond motifs is 1. The van der Waals surface area contributed by atoms with E-state index in [4.69, 9.17) is 37.4 Å². The van der Waals surface area contributed by atoms with Gasteiger partial charge < -0.3 is 19.3 Å². The molecule has 3 rings (SSSR count). The Hall–Kier alpha value is -2.02. The molecule has 0 amide bonds. The summed E-state index contributed by atoms with van der Waals surface area (Å²) in [5.74, 6) is 0.544. The van der Waals surface area contributed by atoms with Crippen molar-refractivity contribution in [1.29, 1.82) is 0 Å². The third-order valence-corrected chi connectivity index (χ3v) is 5.33. The molecule has 0 spiro atoms. The Balaban J connectivity index is 1.95. The van der Waals surface area contributed by atoms with Crippen molar-refractivity contribution in [3.05, 3.63) is 51.3 Å². The van der Waals surface area contributed by atoms with Gasteiger partial charge in [0, 0.05) is 30.3 Å². The van der Waals surface area contributed by atoms with Gasteiger partial charge in [0.15, 0.2) is 11.5 Å². The fourth-order valence-electron chi connectivity index (χ4n) is 3.40. The van der Waals surface area contributed by atoms with Crippen molar-refractivity contribution < 1.29 is 24.1 Å². The lowest BCUT2D eigenvalue weighted by Crippen LogP contribution is -2.14. The predicted molar refractivity (Wildman–Crippen MR) is 105 cm³/mol. The molecule has 2 unspecified atom stereocenters. The highest BCUT2D eigenvalue weighted by molar-refractivity contribution is 6.35. The van der Waals surface area contributed by atoms with Crippen LogP contribution in [-0.4, -0.2) is 36.4 Å². The van der Waals surface area contributed by atoms with Gasteiger partial charge in [-0.25, -0.2) is 0 Å². The zero-order chi connectivity index (χ0) is 20.3. The number of halogens is 2. The quantitative estimate of drug-likeness (QED) is 0.672. The largest absolute Gasteiger partial charge is 0.493 e. The lowest BCUT2D eigenvalue weighted by atomic mass is 9.88. The maximum Gasteiger partial charge on any atom is 0.306 e. The molecule has 0 fully saturated rings. The second-order valence-corrected chi connectivity index (χ2v) is 7.23. The molecule has 0 saturated heterocycles. The van der Waals surface area contributed by atoms with E-state index in [9.17, 15) is 9.90 Å². The Bertz CT molecular complexity index is 854. The van der Waals surface area contributed by atoms with Crippen LogP contribution in [0.15, 0.2) is 24.5 Å². The van der Waals surface area contributed by atoms with Crippen LogP contribution in [0.2, 0.25) is 10.0 Å². The van der Waals surface area contributed by atoms with Crippen LogP contribution in [0.1, 0.15) is 42.1 Å². The van der Waals surface area contributed by atoms with Gasteiger partial charge >= 0.3 is 5.97 Å². The number of hydrogen-bond acceptors (Lipinski definition) is 6. The summed E-state index contributed by atoms with van der Waals surface area (Å²) in [7, 11) is 1.55. The molecular formula is C20H21Cl2NO5. The summed E-state index contributed by atoms with van der Waals surface area (Å²) in [6.45, 7) is 2.38. The van der Waals surface area contributed by atoms with Crippen molar-refractivity contribution in [3.63, 3.8) is 0 Å². The first-order valence-corrected chi connectivity index (χ1v) is 9.66. The normalized spacial score (nSPS) is 16.2. The Labute approximate surface area is 173 Å². The molecule has 2 heterocycles. The second kappa shape index (κ2) is 8.99. The molecule has 1 aliphatic rings. The number of nitrogens with zero attached hydrogens (tertiary/aromatic N) is 1. The lowest BCUT2D eigenvalue weighted by molar-refractivity contribution is -0.143. The van der Waals surface area contributed by atoms with Crippen LogP contribution in [0.3, 0.4) is 0 Å². The van der Waals surface area contributed by atoms with Crippen LogP contribution in [0.4, 0.5) is 0 Å². The van der Waals surface area contributed by atoms with Crippen LogP contribution < -0.4 is 9.47 Å². The highest BCUT2D eigenvalue weighted by atomic mass is 35.5. The maximum atomic E-state index is 12.0. The van der Waals surface area contributed by atoms with E-state index in [-0.39, 0.29) is 24.7 Å². The van der Waals surface area contributed by atoms with E-state index in [1.165, 1.54) is 12.4 Å². The topological polar surface area (TPSA) is 77.9 Å². The van der Waals surface area contributed by atoms with E-state index < -0.39 is 6.10 Å². The summed E-state index contributed by atoms with van der Waals surface area (Å²) in [6, 6.07) is 3.51. The van der Waals surface area contributed by atoms with Crippen LogP contribution in [0.5, 0.6) is 11.5 Å². The number of hydrogen-bond donors (Lipinski definition) is 1. The number of carbonyl (C=O) groups excluding carboxylic acids is 1. The number of aliphatic hydroxyl groups excluding tert-OH is 1. The summed E-state index contributed by atoms with van der Waals surface area (Å²) >= 11 is 12.4. The zero-order valence-electron chi connectivity index (χ0n) is 15.6. The van der Waals surface area contributed by atoms with Crippen LogP contribution >= 0.6 is 23.2 Å². The molecule has 1 N–H and O–H groups in total. The highest BCUT2D eigenvalue weighted by Gasteiger charge is 2.34. The summed E-state index contributed by atoms with van der Waals surface area (Å²) < 4.78 is 16.2. The fourth-order valence-corrected chi connectivity index (χ4v) is 3.92. The molecular weight excluding hydrogens is 405 g/mol. The van der Waals surface area contributed by atoms with Crippen molar-refractivity contribution in [3.8, 4) is 11.5 Å². The molecule has 0 aliphatic carbocycles. The molecule has 28 heavy (non-hydrogen) atoms. The average Bonchev–Trinajstić information content (AvgIpc) is 3.08. The SMILES string of the molecule is CCOC(=O)CC1COc2c(OC)ccc(C(O)Cc3c(Cl)cncc3Cl)c21. The number of aliphatic hydroxyl groups is 1. The molecule has 0 radical (unpaired) electrons. The molecule has 8 heteroatoms. The van der Waals surface area contributed by atoms with Crippen molar-refractivity contribution >= 4 is 29.2 Å². The van der Waals surface area contributed by atoms with E-state index in [2.05, 4.69) is 4.98 Å². The smallest absolute Gasteiger partial charge is 0.306 e. The summed E-state index contributed by atoms with van der Waals surface area (Å²) in [6.07, 6.45) is 2.43. The molecule has 1 aromatic heterocycles. The van der Waals surface area contributed by atoms with Gasteiger partial charge in [0.05, 0.1) is 42.9 Å². The Morgan fingerprint density at radius 2 is 2.07 bits per heavy atom. The number of pyridine rings is 1. The monoisotopic (exact) mass is 425 g/mol. The van der Waals surface area contributed by atoms with Gasteiger partial charge in [0.2, 0.25) is 0 Å². The number of carbonyl (C=O) groups is 1. The van der Waals surface area contributed by atoms with Gasteiger partial charge in [-0.15, -0.1) is 0 Å². The molecule has 2 atom stereocenters. The minimum absolute atomic E-state index is 0.157. The summed E-state index contributed by atoms with van der Waals surface area (Å²) in [5, 5.41) is 11.7. The number of methoxy groups -OCH3 is 1. The minimum atomic E-state index is -0.900. The van der Waals surface area contributed by atoms with Gasteiger partial charge in [0.1, 0.15) is 0 Å². The Morgan fingerprint density at radius 3 is 2.71 bits per heavy atom. The summed E-state index contributed by atoms with van der Waals surface area (Å²) in [4.78, 5) is 15.9. The molecule has 2 aromatic rings. The van der Waals surface area contributed by atoms with E-state index in [1.54, 1.807) is 26.2 Å². The van der Waals surface area contributed by atoms with Gasteiger partial charge in [0.25, 0.3) is 0 Å². The van der Waals surface area contributed by atoms with Crippen LogP contribution in [-0.2, 0) is 16.0 Å². The molecule has 0 bridgehead atoms. The van der Waals surface area contributed by atoms with Crippen LogP contribution in [0, 0.1) is 0 Å². The molecule has 150 valence electrons. The second-order valence-electron chi connectivity index (χ2n) is 6.42. The summed E-state index contributed by atoms with van der Waals surface area (Å²) in [5.41, 5.74) is 2.00. The zero-order valence-corrected chi connectivity index (χ0v) is 17.1. The Kier molecular flexibility index (Phi) is 6.65. The predicted octanol–water partition coefficient (Wildman–Crippen LogP) is 4.10.